The number of hydrazine groups is 1. The molecule has 2 atom stereocenters. The molecule has 0 saturated carbocycles. The van der Waals surface area contributed by atoms with Gasteiger partial charge in [-0.3, -0.25) is 14.6 Å². The van der Waals surface area contributed by atoms with Gasteiger partial charge in [0.2, 0.25) is 3.79 Å². The Kier molecular flexibility index (Phi) is 6.14. The molecule has 3 N–H and O–H groups in total. The molecule has 0 aliphatic carbocycles. The van der Waals surface area contributed by atoms with Gasteiger partial charge >= 0.3 is 5.97 Å². The second kappa shape index (κ2) is 6.95. The molecule has 0 aromatic heterocycles. The van der Waals surface area contributed by atoms with Crippen LogP contribution in [0.2, 0.25) is 0 Å². The first-order valence-electron chi connectivity index (χ1n) is 5.77. The van der Waals surface area contributed by atoms with Crippen LogP contribution in [0.4, 0.5) is 0 Å². The summed E-state index contributed by atoms with van der Waals surface area (Å²) in [5.41, 5.74) is 8.27. The predicted molar refractivity (Wildman–Crippen MR) is 72.8 cm³/mol. The molecule has 9 heteroatoms. The summed E-state index contributed by atoms with van der Waals surface area (Å²) in [6.07, 6.45) is 1.21. The molecule has 1 aliphatic heterocycles. The summed E-state index contributed by atoms with van der Waals surface area (Å²) in [7, 11) is 0. The van der Waals surface area contributed by atoms with Crippen molar-refractivity contribution in [2.24, 2.45) is 5.73 Å². The molecule has 1 fully saturated rings. The number of rotatable bonds is 3. The third-order valence-electron chi connectivity index (χ3n) is 2.50. The molecule has 1 heterocycles. The first-order valence-corrected chi connectivity index (χ1v) is 6.90. The predicted octanol–water partition coefficient (Wildman–Crippen LogP) is 0.743. The number of hydrogen-bond acceptors (Lipinski definition) is 5. The fourth-order valence-electron chi connectivity index (χ4n) is 1.61. The highest BCUT2D eigenvalue weighted by Gasteiger charge is 2.31. The largest absolute Gasteiger partial charge is 0.460 e. The molecule has 0 radical (unpaired) electrons. The van der Waals surface area contributed by atoms with Crippen molar-refractivity contribution in [2.45, 2.75) is 35.6 Å². The van der Waals surface area contributed by atoms with Crippen molar-refractivity contribution < 1.29 is 14.3 Å². The van der Waals surface area contributed by atoms with Crippen LogP contribution in [0.25, 0.3) is 0 Å². The average molecular weight is 333 g/mol. The van der Waals surface area contributed by atoms with E-state index < -0.39 is 21.8 Å². The van der Waals surface area contributed by atoms with E-state index in [1.807, 2.05) is 0 Å². The number of ether oxygens (including phenoxy) is 1. The molecule has 1 aliphatic rings. The quantitative estimate of drug-likeness (QED) is 0.588. The van der Waals surface area contributed by atoms with Crippen LogP contribution in [0.15, 0.2) is 0 Å². The van der Waals surface area contributed by atoms with Crippen LogP contribution < -0.4 is 11.2 Å². The van der Waals surface area contributed by atoms with Gasteiger partial charge in [0.1, 0.15) is 12.6 Å². The van der Waals surface area contributed by atoms with Gasteiger partial charge < -0.3 is 10.5 Å². The second-order valence-corrected chi connectivity index (χ2v) is 6.84. The lowest BCUT2D eigenvalue weighted by molar-refractivity contribution is -0.152. The van der Waals surface area contributed by atoms with Crippen molar-refractivity contribution >= 4 is 46.7 Å². The van der Waals surface area contributed by atoms with E-state index in [9.17, 15) is 9.59 Å². The van der Waals surface area contributed by atoms with Gasteiger partial charge in [-0.1, -0.05) is 34.8 Å². The normalized spacial score (nSPS) is 21.9. The highest BCUT2D eigenvalue weighted by atomic mass is 35.6. The molecule has 6 nitrogen and oxygen atoms in total. The van der Waals surface area contributed by atoms with Crippen LogP contribution in [-0.4, -0.2) is 45.9 Å². The maximum atomic E-state index is 11.8. The Bertz CT molecular complexity index is 347. The molecule has 19 heavy (non-hydrogen) atoms. The van der Waals surface area contributed by atoms with Crippen LogP contribution in [0.1, 0.15) is 19.8 Å². The zero-order valence-corrected chi connectivity index (χ0v) is 12.6. The second-order valence-electron chi connectivity index (χ2n) is 4.33. The van der Waals surface area contributed by atoms with Gasteiger partial charge in [-0.05, 0) is 19.8 Å². The molecule has 0 aromatic carbocycles. The fraction of sp³-hybridized carbons (Fsp3) is 0.800. The van der Waals surface area contributed by atoms with E-state index in [2.05, 4.69) is 5.43 Å². The van der Waals surface area contributed by atoms with Crippen molar-refractivity contribution in [3.05, 3.63) is 0 Å². The standard InChI is InChI=1S/C10H16Cl3N3O3/c1-6(14)8(17)16-4-2-3-7(15-16)9(18)19-5-10(11,12)13/h6-7,15H,2-5,14H2,1H3/t6-,7-/m0/s1. The molecule has 1 amide bonds. The number of halogens is 3. The van der Waals surface area contributed by atoms with Gasteiger partial charge in [-0.25, -0.2) is 5.43 Å². The van der Waals surface area contributed by atoms with Crippen LogP contribution in [0, 0.1) is 0 Å². The summed E-state index contributed by atoms with van der Waals surface area (Å²) in [5, 5.41) is 1.33. The number of amides is 1. The van der Waals surface area contributed by atoms with Gasteiger partial charge in [-0.15, -0.1) is 0 Å². The molecule has 0 spiro atoms. The fourth-order valence-corrected chi connectivity index (χ4v) is 1.78. The number of alkyl halides is 3. The van der Waals surface area contributed by atoms with Crippen molar-refractivity contribution in [1.82, 2.24) is 10.4 Å². The Morgan fingerprint density at radius 2 is 2.16 bits per heavy atom. The van der Waals surface area contributed by atoms with Crippen LogP contribution >= 0.6 is 34.8 Å². The number of hydrogen-bond donors (Lipinski definition) is 2. The van der Waals surface area contributed by atoms with Gasteiger partial charge in [0.15, 0.2) is 0 Å². The van der Waals surface area contributed by atoms with Crippen molar-refractivity contribution in [3.63, 3.8) is 0 Å². The summed E-state index contributed by atoms with van der Waals surface area (Å²) >= 11 is 16.5. The number of nitrogens with one attached hydrogen (secondary N) is 1. The Labute approximate surface area is 126 Å². The summed E-state index contributed by atoms with van der Waals surface area (Å²) in [4.78, 5) is 23.5. The van der Waals surface area contributed by atoms with E-state index in [1.54, 1.807) is 6.92 Å². The summed E-state index contributed by atoms with van der Waals surface area (Å²) in [6.45, 7) is 1.74. The SMILES string of the molecule is C[C@H](N)C(=O)N1CCC[C@@H](C(=O)OCC(Cl)(Cl)Cl)N1. The summed E-state index contributed by atoms with van der Waals surface area (Å²) in [5.74, 6) is -0.840. The number of nitrogens with zero attached hydrogens (tertiary/aromatic N) is 1. The Hall–Kier alpha value is -0.270. The molecular formula is C10H16Cl3N3O3. The zero-order valence-electron chi connectivity index (χ0n) is 10.4. The van der Waals surface area contributed by atoms with E-state index >= 15 is 0 Å². The Balaban J connectivity index is 2.50. The number of carbonyl (C=O) groups is 2. The lowest BCUT2D eigenvalue weighted by Crippen LogP contribution is -2.58. The lowest BCUT2D eigenvalue weighted by atomic mass is 10.1. The minimum Gasteiger partial charge on any atom is -0.460 e. The topological polar surface area (TPSA) is 84.7 Å². The molecule has 0 unspecified atom stereocenters. The van der Waals surface area contributed by atoms with Crippen LogP contribution in [0.3, 0.4) is 0 Å². The molecular weight excluding hydrogens is 316 g/mol. The first kappa shape index (κ1) is 16.8. The third-order valence-corrected chi connectivity index (χ3v) is 2.83. The monoisotopic (exact) mass is 331 g/mol. The summed E-state index contributed by atoms with van der Waals surface area (Å²) in [6, 6.07) is -1.27. The first-order chi connectivity index (χ1) is 8.70. The molecule has 0 bridgehead atoms. The van der Waals surface area contributed by atoms with E-state index in [-0.39, 0.29) is 12.5 Å². The minimum atomic E-state index is -1.65. The zero-order chi connectivity index (χ0) is 14.6. The highest BCUT2D eigenvalue weighted by Crippen LogP contribution is 2.26. The highest BCUT2D eigenvalue weighted by molar-refractivity contribution is 6.67. The van der Waals surface area contributed by atoms with Crippen molar-refractivity contribution in [2.75, 3.05) is 13.2 Å². The van der Waals surface area contributed by atoms with E-state index in [4.69, 9.17) is 45.3 Å². The van der Waals surface area contributed by atoms with Gasteiger partial charge in [0.05, 0.1) is 6.04 Å². The minimum absolute atomic E-state index is 0.279. The van der Waals surface area contributed by atoms with Crippen LogP contribution in [-0.2, 0) is 14.3 Å². The smallest absolute Gasteiger partial charge is 0.325 e. The van der Waals surface area contributed by atoms with E-state index in [0.29, 0.717) is 19.4 Å². The van der Waals surface area contributed by atoms with Gasteiger partial charge in [0.25, 0.3) is 5.91 Å². The maximum Gasteiger partial charge on any atom is 0.325 e. The third kappa shape index (κ3) is 5.71. The molecule has 1 rings (SSSR count). The number of nitrogens with two attached hydrogens (primary N) is 1. The van der Waals surface area contributed by atoms with Crippen molar-refractivity contribution in [3.8, 4) is 0 Å². The maximum absolute atomic E-state index is 11.8. The molecule has 110 valence electrons. The Morgan fingerprint density at radius 3 is 2.68 bits per heavy atom. The average Bonchev–Trinajstić information content (AvgIpc) is 2.34. The number of carbonyl (C=O) groups excluding carboxylic acids is 2. The Morgan fingerprint density at radius 1 is 1.53 bits per heavy atom. The van der Waals surface area contributed by atoms with Gasteiger partial charge in [0, 0.05) is 6.54 Å². The lowest BCUT2D eigenvalue weighted by Gasteiger charge is -2.33. The number of esters is 1. The molecule has 0 aromatic rings. The van der Waals surface area contributed by atoms with Gasteiger partial charge in [-0.2, -0.15) is 0 Å². The molecule has 1 saturated heterocycles. The van der Waals surface area contributed by atoms with Crippen molar-refractivity contribution in [1.29, 1.82) is 0 Å². The van der Waals surface area contributed by atoms with E-state index in [0.717, 1.165) is 0 Å². The summed E-state index contributed by atoms with van der Waals surface area (Å²) < 4.78 is 3.22. The van der Waals surface area contributed by atoms with E-state index in [1.165, 1.54) is 5.01 Å². The van der Waals surface area contributed by atoms with Crippen LogP contribution in [0.5, 0.6) is 0 Å².